The number of carbonyl (C=O) groups excluding carboxylic acids is 1. The van der Waals surface area contributed by atoms with Gasteiger partial charge in [-0.15, -0.1) is 0 Å². The molecule has 3 aliphatic rings. The molecule has 1 N–H and O–H groups in total. The van der Waals surface area contributed by atoms with Gasteiger partial charge in [-0.3, -0.25) is 14.7 Å². The molecule has 29 heavy (non-hydrogen) atoms. The number of aromatic nitrogens is 1. The SMILES string of the molecule is COc1cccnc1CN1C[C@@H]2[C@H](CNC(=O)c3occc3C)[C@H]3CC[C@]2(C1)O3. The average Bonchev–Trinajstić information content (AvgIpc) is 3.47. The van der Waals surface area contributed by atoms with E-state index in [0.717, 1.165) is 49.5 Å². The number of furan rings is 1. The Balaban J connectivity index is 1.26. The number of rotatable bonds is 6. The summed E-state index contributed by atoms with van der Waals surface area (Å²) in [6.45, 7) is 5.12. The van der Waals surface area contributed by atoms with E-state index in [0.29, 0.717) is 24.1 Å². The third-order valence-electron chi connectivity index (χ3n) is 6.86. The predicted octanol–water partition coefficient (Wildman–Crippen LogP) is 2.40. The largest absolute Gasteiger partial charge is 0.495 e. The van der Waals surface area contributed by atoms with Gasteiger partial charge >= 0.3 is 0 Å². The maximum absolute atomic E-state index is 12.5. The Labute approximate surface area is 170 Å². The van der Waals surface area contributed by atoms with E-state index < -0.39 is 0 Å². The van der Waals surface area contributed by atoms with E-state index in [1.54, 1.807) is 13.4 Å². The molecule has 2 bridgehead atoms. The van der Waals surface area contributed by atoms with E-state index in [4.69, 9.17) is 13.9 Å². The van der Waals surface area contributed by atoms with Crippen molar-refractivity contribution in [2.75, 3.05) is 26.7 Å². The second-order valence-corrected chi connectivity index (χ2v) is 8.49. The van der Waals surface area contributed by atoms with Crippen molar-refractivity contribution in [3.05, 3.63) is 47.7 Å². The standard InChI is InChI=1S/C22H27N3O4/c1-14-6-9-28-20(14)21(26)24-10-15-16-11-25(13-22(16)7-5-18(15)29-22)12-17-19(27-2)4-3-8-23-17/h3-4,6,8-9,15-16,18H,5,7,10-13H2,1-2H3,(H,24,26)/t15-,16+,18+,22+/m0/s1. The van der Waals surface area contributed by atoms with Gasteiger partial charge in [0.1, 0.15) is 5.75 Å². The van der Waals surface area contributed by atoms with Crippen LogP contribution in [0.3, 0.4) is 0 Å². The number of likely N-dealkylation sites (tertiary alicyclic amines) is 1. The Morgan fingerprint density at radius 3 is 3.14 bits per heavy atom. The number of aryl methyl sites for hydroxylation is 1. The lowest BCUT2D eigenvalue weighted by Crippen LogP contribution is -2.41. The number of carbonyl (C=O) groups is 1. The summed E-state index contributed by atoms with van der Waals surface area (Å²) >= 11 is 0. The molecule has 2 aromatic rings. The highest BCUT2D eigenvalue weighted by molar-refractivity contribution is 5.92. The summed E-state index contributed by atoms with van der Waals surface area (Å²) in [6, 6.07) is 5.66. The van der Waals surface area contributed by atoms with Crippen molar-refractivity contribution < 1.29 is 18.7 Å². The van der Waals surface area contributed by atoms with Gasteiger partial charge in [-0.2, -0.15) is 0 Å². The molecular weight excluding hydrogens is 370 g/mol. The molecule has 3 saturated heterocycles. The smallest absolute Gasteiger partial charge is 0.287 e. The van der Waals surface area contributed by atoms with Crippen molar-refractivity contribution in [1.82, 2.24) is 15.2 Å². The number of methoxy groups -OCH3 is 1. The Hall–Kier alpha value is -2.38. The van der Waals surface area contributed by atoms with E-state index in [-0.39, 0.29) is 17.6 Å². The van der Waals surface area contributed by atoms with E-state index in [1.807, 2.05) is 31.3 Å². The van der Waals surface area contributed by atoms with Gasteiger partial charge in [-0.1, -0.05) is 0 Å². The Morgan fingerprint density at radius 1 is 1.45 bits per heavy atom. The van der Waals surface area contributed by atoms with Gasteiger partial charge in [-0.25, -0.2) is 0 Å². The number of fused-ring (bicyclic) bond motifs is 1. The van der Waals surface area contributed by atoms with Gasteiger partial charge in [0.05, 0.1) is 30.8 Å². The summed E-state index contributed by atoms with van der Waals surface area (Å²) in [7, 11) is 1.68. The highest BCUT2D eigenvalue weighted by Gasteiger charge is 2.62. The van der Waals surface area contributed by atoms with Crippen LogP contribution in [0.5, 0.6) is 5.75 Å². The summed E-state index contributed by atoms with van der Waals surface area (Å²) in [6.07, 6.45) is 5.77. The fraction of sp³-hybridized carbons (Fsp3) is 0.545. The number of pyridine rings is 1. The summed E-state index contributed by atoms with van der Waals surface area (Å²) in [4.78, 5) is 19.4. The van der Waals surface area contributed by atoms with Gasteiger partial charge in [0.25, 0.3) is 5.91 Å². The second-order valence-electron chi connectivity index (χ2n) is 8.49. The topological polar surface area (TPSA) is 76.8 Å². The molecule has 0 radical (unpaired) electrons. The summed E-state index contributed by atoms with van der Waals surface area (Å²) in [5.41, 5.74) is 1.74. The normalized spacial score (nSPS) is 30.5. The molecule has 0 aromatic carbocycles. The van der Waals surface area contributed by atoms with Crippen LogP contribution in [0, 0.1) is 18.8 Å². The number of amides is 1. The molecule has 0 aliphatic carbocycles. The van der Waals surface area contributed by atoms with Crippen molar-refractivity contribution in [1.29, 1.82) is 0 Å². The van der Waals surface area contributed by atoms with Gasteiger partial charge in [-0.05, 0) is 38.0 Å². The molecule has 154 valence electrons. The summed E-state index contributed by atoms with van der Waals surface area (Å²) in [5, 5.41) is 3.08. The van der Waals surface area contributed by atoms with Crippen LogP contribution in [0.2, 0.25) is 0 Å². The number of nitrogens with one attached hydrogen (secondary N) is 1. The minimum absolute atomic E-state index is 0.0807. The first-order valence-electron chi connectivity index (χ1n) is 10.3. The molecule has 3 aliphatic heterocycles. The molecule has 5 rings (SSSR count). The minimum Gasteiger partial charge on any atom is -0.495 e. The zero-order chi connectivity index (χ0) is 20.0. The molecule has 5 heterocycles. The molecule has 7 heteroatoms. The fourth-order valence-corrected chi connectivity index (χ4v) is 5.52. The minimum atomic E-state index is -0.141. The Morgan fingerprint density at radius 2 is 2.34 bits per heavy atom. The van der Waals surface area contributed by atoms with E-state index >= 15 is 0 Å². The third kappa shape index (κ3) is 3.13. The molecule has 4 atom stereocenters. The van der Waals surface area contributed by atoms with Gasteiger partial charge < -0.3 is 19.2 Å². The lowest BCUT2D eigenvalue weighted by atomic mass is 9.73. The first-order chi connectivity index (χ1) is 14.1. The average molecular weight is 397 g/mol. The Kier molecular flexibility index (Phi) is 4.59. The highest BCUT2D eigenvalue weighted by Crippen LogP contribution is 2.54. The molecule has 0 unspecified atom stereocenters. The molecule has 0 saturated carbocycles. The quantitative estimate of drug-likeness (QED) is 0.807. The van der Waals surface area contributed by atoms with E-state index in [9.17, 15) is 4.79 Å². The van der Waals surface area contributed by atoms with Crippen LogP contribution in [0.25, 0.3) is 0 Å². The van der Waals surface area contributed by atoms with E-state index in [1.165, 1.54) is 0 Å². The molecule has 1 spiro atoms. The lowest BCUT2D eigenvalue weighted by molar-refractivity contribution is 0.00197. The molecule has 7 nitrogen and oxygen atoms in total. The fourth-order valence-electron chi connectivity index (χ4n) is 5.52. The molecule has 2 aromatic heterocycles. The highest BCUT2D eigenvalue weighted by atomic mass is 16.5. The first-order valence-corrected chi connectivity index (χ1v) is 10.3. The summed E-state index contributed by atoms with van der Waals surface area (Å²) < 4.78 is 17.3. The van der Waals surface area contributed by atoms with Crippen LogP contribution >= 0.6 is 0 Å². The van der Waals surface area contributed by atoms with Crippen LogP contribution in [-0.4, -0.2) is 54.2 Å². The van der Waals surface area contributed by atoms with Crippen LogP contribution in [0.4, 0.5) is 0 Å². The zero-order valence-corrected chi connectivity index (χ0v) is 16.9. The van der Waals surface area contributed by atoms with Gasteiger partial charge in [0.2, 0.25) is 0 Å². The first kappa shape index (κ1) is 18.6. The van der Waals surface area contributed by atoms with Crippen molar-refractivity contribution in [2.24, 2.45) is 11.8 Å². The summed E-state index contributed by atoms with van der Waals surface area (Å²) in [5.74, 6) is 1.84. The van der Waals surface area contributed by atoms with Crippen LogP contribution in [0.1, 0.15) is 34.7 Å². The lowest BCUT2D eigenvalue weighted by Gasteiger charge is -2.29. The van der Waals surface area contributed by atoms with Crippen molar-refractivity contribution in [2.45, 2.75) is 38.0 Å². The molecule has 1 amide bonds. The maximum Gasteiger partial charge on any atom is 0.287 e. The van der Waals surface area contributed by atoms with Crippen LogP contribution in [-0.2, 0) is 11.3 Å². The maximum atomic E-state index is 12.5. The van der Waals surface area contributed by atoms with Crippen molar-refractivity contribution >= 4 is 5.91 Å². The zero-order valence-electron chi connectivity index (χ0n) is 16.9. The predicted molar refractivity (Wildman–Crippen MR) is 106 cm³/mol. The van der Waals surface area contributed by atoms with Crippen LogP contribution in [0.15, 0.2) is 35.1 Å². The van der Waals surface area contributed by atoms with Gasteiger partial charge in [0, 0.05) is 49.8 Å². The number of ether oxygens (including phenoxy) is 2. The van der Waals surface area contributed by atoms with Gasteiger partial charge in [0.15, 0.2) is 5.76 Å². The third-order valence-corrected chi connectivity index (χ3v) is 6.86. The van der Waals surface area contributed by atoms with E-state index in [2.05, 4.69) is 15.2 Å². The number of nitrogens with zero attached hydrogens (tertiary/aromatic N) is 2. The molecule has 3 fully saturated rings. The Bertz CT molecular complexity index is 913. The molecular formula is C22H27N3O4. The van der Waals surface area contributed by atoms with Crippen molar-refractivity contribution in [3.8, 4) is 5.75 Å². The van der Waals surface area contributed by atoms with Crippen molar-refractivity contribution in [3.63, 3.8) is 0 Å². The van der Waals surface area contributed by atoms with Crippen LogP contribution < -0.4 is 10.1 Å². The number of hydrogen-bond acceptors (Lipinski definition) is 6. The number of hydrogen-bond donors (Lipinski definition) is 1. The second kappa shape index (κ2) is 7.15. The monoisotopic (exact) mass is 397 g/mol.